The van der Waals surface area contributed by atoms with E-state index in [1.54, 1.807) is 6.92 Å². The van der Waals surface area contributed by atoms with E-state index < -0.39 is 11.9 Å². The van der Waals surface area contributed by atoms with Crippen molar-refractivity contribution in [1.29, 1.82) is 0 Å². The standard InChI is InChI=1S/C10H19NO3/c1-5-7-10(3,4)11-8(12)9(13)14-6-2/h5-7H2,1-4H3,(H,11,12). The minimum Gasteiger partial charge on any atom is -0.459 e. The van der Waals surface area contributed by atoms with Crippen molar-refractivity contribution < 1.29 is 14.3 Å². The van der Waals surface area contributed by atoms with Crippen molar-refractivity contribution in [3.63, 3.8) is 0 Å². The summed E-state index contributed by atoms with van der Waals surface area (Å²) in [5, 5.41) is 2.63. The Morgan fingerprint density at radius 2 is 1.86 bits per heavy atom. The van der Waals surface area contributed by atoms with Crippen LogP contribution in [0.25, 0.3) is 0 Å². The van der Waals surface area contributed by atoms with Crippen molar-refractivity contribution in [1.82, 2.24) is 5.32 Å². The molecule has 0 rings (SSSR count). The molecule has 0 aromatic rings. The zero-order valence-corrected chi connectivity index (χ0v) is 9.35. The second-order valence-corrected chi connectivity index (χ2v) is 3.81. The lowest BCUT2D eigenvalue weighted by Crippen LogP contribution is -2.46. The maximum atomic E-state index is 11.2. The van der Waals surface area contributed by atoms with E-state index in [0.29, 0.717) is 0 Å². The maximum Gasteiger partial charge on any atom is 0.396 e. The van der Waals surface area contributed by atoms with Gasteiger partial charge in [0, 0.05) is 5.54 Å². The van der Waals surface area contributed by atoms with Gasteiger partial charge in [0.15, 0.2) is 0 Å². The quantitative estimate of drug-likeness (QED) is 0.550. The molecule has 0 aromatic carbocycles. The van der Waals surface area contributed by atoms with Crippen LogP contribution in [0.2, 0.25) is 0 Å². The fourth-order valence-electron chi connectivity index (χ4n) is 1.24. The molecule has 0 aromatic heterocycles. The van der Waals surface area contributed by atoms with Crippen molar-refractivity contribution in [2.24, 2.45) is 0 Å². The smallest absolute Gasteiger partial charge is 0.396 e. The van der Waals surface area contributed by atoms with Gasteiger partial charge in [-0.3, -0.25) is 4.79 Å². The summed E-state index contributed by atoms with van der Waals surface area (Å²) in [6, 6.07) is 0. The Labute approximate surface area is 85.0 Å². The lowest BCUT2D eigenvalue weighted by Gasteiger charge is -2.24. The first-order valence-corrected chi connectivity index (χ1v) is 4.92. The molecule has 1 N–H and O–H groups in total. The average Bonchev–Trinajstić information content (AvgIpc) is 2.03. The molecule has 0 unspecified atom stereocenters. The van der Waals surface area contributed by atoms with Crippen LogP contribution in [0.4, 0.5) is 0 Å². The van der Waals surface area contributed by atoms with Crippen molar-refractivity contribution in [3.05, 3.63) is 0 Å². The highest BCUT2D eigenvalue weighted by Gasteiger charge is 2.24. The summed E-state index contributed by atoms with van der Waals surface area (Å²) in [6.07, 6.45) is 1.79. The largest absolute Gasteiger partial charge is 0.459 e. The van der Waals surface area contributed by atoms with Gasteiger partial charge in [-0.2, -0.15) is 0 Å². The molecule has 0 fully saturated rings. The van der Waals surface area contributed by atoms with Crippen LogP contribution in [0, 0.1) is 0 Å². The molecule has 0 aliphatic rings. The van der Waals surface area contributed by atoms with Gasteiger partial charge in [-0.15, -0.1) is 0 Å². The van der Waals surface area contributed by atoms with E-state index in [-0.39, 0.29) is 12.1 Å². The first-order valence-electron chi connectivity index (χ1n) is 4.92. The number of esters is 1. The van der Waals surface area contributed by atoms with Crippen LogP contribution in [-0.4, -0.2) is 24.0 Å². The summed E-state index contributed by atoms with van der Waals surface area (Å²) in [5.74, 6) is -1.47. The van der Waals surface area contributed by atoms with E-state index in [0.717, 1.165) is 12.8 Å². The topological polar surface area (TPSA) is 55.4 Å². The normalized spacial score (nSPS) is 10.9. The van der Waals surface area contributed by atoms with E-state index in [2.05, 4.69) is 10.1 Å². The van der Waals surface area contributed by atoms with E-state index in [9.17, 15) is 9.59 Å². The SMILES string of the molecule is CCCC(C)(C)NC(=O)C(=O)OCC. The number of carbonyl (C=O) groups excluding carboxylic acids is 2. The number of carbonyl (C=O) groups is 2. The number of ether oxygens (including phenoxy) is 1. The minimum absolute atomic E-state index is 0.223. The third-order valence-electron chi connectivity index (χ3n) is 1.79. The zero-order valence-electron chi connectivity index (χ0n) is 9.35. The second-order valence-electron chi connectivity index (χ2n) is 3.81. The van der Waals surface area contributed by atoms with Gasteiger partial charge in [-0.25, -0.2) is 4.79 Å². The Morgan fingerprint density at radius 1 is 1.29 bits per heavy atom. The van der Waals surface area contributed by atoms with Gasteiger partial charge >= 0.3 is 11.9 Å². The molecule has 4 heteroatoms. The van der Waals surface area contributed by atoms with E-state index in [4.69, 9.17) is 0 Å². The Bertz CT molecular complexity index is 211. The fourth-order valence-corrected chi connectivity index (χ4v) is 1.24. The Balaban J connectivity index is 4.10. The summed E-state index contributed by atoms with van der Waals surface area (Å²) in [7, 11) is 0. The van der Waals surface area contributed by atoms with Gasteiger partial charge in [0.05, 0.1) is 6.61 Å². The Morgan fingerprint density at radius 3 is 2.29 bits per heavy atom. The van der Waals surface area contributed by atoms with Crippen LogP contribution >= 0.6 is 0 Å². The van der Waals surface area contributed by atoms with E-state index in [1.165, 1.54) is 0 Å². The first-order chi connectivity index (χ1) is 6.43. The van der Waals surface area contributed by atoms with Crippen LogP contribution in [0.5, 0.6) is 0 Å². The predicted molar refractivity (Wildman–Crippen MR) is 53.8 cm³/mol. The number of nitrogens with one attached hydrogen (secondary N) is 1. The first kappa shape index (κ1) is 12.9. The summed E-state index contributed by atoms with van der Waals surface area (Å²) < 4.78 is 4.58. The third kappa shape index (κ3) is 4.84. The molecule has 0 saturated carbocycles. The van der Waals surface area contributed by atoms with E-state index in [1.807, 2.05) is 20.8 Å². The van der Waals surface area contributed by atoms with Crippen molar-refractivity contribution in [2.75, 3.05) is 6.61 Å². The van der Waals surface area contributed by atoms with Crippen molar-refractivity contribution in [2.45, 2.75) is 46.1 Å². The monoisotopic (exact) mass is 201 g/mol. The van der Waals surface area contributed by atoms with Gasteiger partial charge in [0.1, 0.15) is 0 Å². The highest BCUT2D eigenvalue weighted by molar-refractivity contribution is 6.32. The third-order valence-corrected chi connectivity index (χ3v) is 1.79. The molecule has 0 radical (unpaired) electrons. The molecule has 4 nitrogen and oxygen atoms in total. The predicted octanol–water partition coefficient (Wildman–Crippen LogP) is 1.24. The zero-order chi connectivity index (χ0) is 11.2. The fraction of sp³-hybridized carbons (Fsp3) is 0.800. The highest BCUT2D eigenvalue weighted by atomic mass is 16.5. The molecule has 1 amide bonds. The van der Waals surface area contributed by atoms with Crippen molar-refractivity contribution in [3.8, 4) is 0 Å². The Hall–Kier alpha value is -1.06. The van der Waals surface area contributed by atoms with Gasteiger partial charge in [0.25, 0.3) is 0 Å². The molecular weight excluding hydrogens is 182 g/mol. The van der Waals surface area contributed by atoms with Gasteiger partial charge < -0.3 is 10.1 Å². The number of hydrogen-bond acceptors (Lipinski definition) is 3. The minimum atomic E-state index is -0.809. The molecule has 0 aliphatic heterocycles. The van der Waals surface area contributed by atoms with Crippen LogP contribution in [0.3, 0.4) is 0 Å². The lowest BCUT2D eigenvalue weighted by molar-refractivity contribution is -0.155. The number of rotatable bonds is 4. The molecule has 0 atom stereocenters. The molecule has 0 spiro atoms. The molecule has 0 heterocycles. The Kier molecular flexibility index (Phi) is 5.20. The van der Waals surface area contributed by atoms with Gasteiger partial charge in [-0.1, -0.05) is 13.3 Å². The van der Waals surface area contributed by atoms with Gasteiger partial charge in [-0.05, 0) is 27.2 Å². The number of amides is 1. The lowest BCUT2D eigenvalue weighted by atomic mass is 9.99. The van der Waals surface area contributed by atoms with Crippen LogP contribution < -0.4 is 5.32 Å². The summed E-state index contributed by atoms with van der Waals surface area (Å²) in [5.41, 5.74) is -0.349. The number of hydrogen-bond donors (Lipinski definition) is 1. The molecule has 82 valence electrons. The second kappa shape index (κ2) is 5.62. The van der Waals surface area contributed by atoms with Crippen LogP contribution in [-0.2, 0) is 14.3 Å². The molecular formula is C10H19NO3. The highest BCUT2D eigenvalue weighted by Crippen LogP contribution is 2.10. The van der Waals surface area contributed by atoms with E-state index >= 15 is 0 Å². The average molecular weight is 201 g/mol. The maximum absolute atomic E-state index is 11.2. The molecule has 0 aliphatic carbocycles. The van der Waals surface area contributed by atoms with Crippen LogP contribution in [0.1, 0.15) is 40.5 Å². The van der Waals surface area contributed by atoms with Gasteiger partial charge in [0.2, 0.25) is 0 Å². The van der Waals surface area contributed by atoms with Crippen molar-refractivity contribution >= 4 is 11.9 Å². The molecule has 14 heavy (non-hydrogen) atoms. The summed E-state index contributed by atoms with van der Waals surface area (Å²) >= 11 is 0. The summed E-state index contributed by atoms with van der Waals surface area (Å²) in [6.45, 7) is 7.68. The molecule has 0 bridgehead atoms. The summed E-state index contributed by atoms with van der Waals surface area (Å²) in [4.78, 5) is 22.2. The molecule has 0 saturated heterocycles. The van der Waals surface area contributed by atoms with Crippen LogP contribution in [0.15, 0.2) is 0 Å².